The van der Waals surface area contributed by atoms with Crippen molar-refractivity contribution in [1.29, 1.82) is 0 Å². The van der Waals surface area contributed by atoms with Gasteiger partial charge >= 0.3 is 6.18 Å². The monoisotopic (exact) mass is 376 g/mol. The Kier molecular flexibility index (Phi) is 6.74. The molecule has 2 atom stereocenters. The summed E-state index contributed by atoms with van der Waals surface area (Å²) in [6.45, 7) is 0. The van der Waals surface area contributed by atoms with E-state index in [-0.39, 0.29) is 24.7 Å². The highest BCUT2D eigenvalue weighted by Crippen LogP contribution is 2.32. The van der Waals surface area contributed by atoms with E-state index in [0.717, 1.165) is 12.8 Å². The molecule has 2 saturated heterocycles. The van der Waals surface area contributed by atoms with Gasteiger partial charge in [0, 0.05) is 30.6 Å². The van der Waals surface area contributed by atoms with Crippen LogP contribution in [-0.4, -0.2) is 24.2 Å². The Morgan fingerprint density at radius 2 is 1.88 bits per heavy atom. The number of fused-ring (bicyclic) bond motifs is 2. The first-order chi connectivity index (χ1) is 11.4. The molecule has 2 unspecified atom stereocenters. The van der Waals surface area contributed by atoms with Crippen LogP contribution in [0.3, 0.4) is 0 Å². The molecule has 0 spiro atoms. The molecule has 3 rings (SSSR count). The summed E-state index contributed by atoms with van der Waals surface area (Å²) in [7, 11) is 0. The number of hydrogen-bond acceptors (Lipinski definition) is 2. The maximum atomic E-state index is 12.3. The minimum Gasteiger partial charge on any atom is -0.326 e. The van der Waals surface area contributed by atoms with E-state index in [0.29, 0.717) is 35.7 Å². The molecular weight excluding hydrogens is 353 g/mol. The Morgan fingerprint density at radius 3 is 2.52 bits per heavy atom. The zero-order chi connectivity index (χ0) is 17.2. The first kappa shape index (κ1) is 20.0. The van der Waals surface area contributed by atoms with E-state index in [1.54, 1.807) is 24.3 Å². The van der Waals surface area contributed by atoms with Gasteiger partial charge in [0.15, 0.2) is 0 Å². The highest BCUT2D eigenvalue weighted by atomic mass is 35.5. The summed E-state index contributed by atoms with van der Waals surface area (Å²) in [6.07, 6.45) is -0.110. The molecule has 0 radical (unpaired) electrons. The molecule has 2 fully saturated rings. The predicted molar refractivity (Wildman–Crippen MR) is 94.0 cm³/mol. The smallest absolute Gasteiger partial charge is 0.326 e. The van der Waals surface area contributed by atoms with E-state index >= 15 is 0 Å². The molecule has 2 bridgehead atoms. The van der Waals surface area contributed by atoms with E-state index in [4.69, 9.17) is 0 Å². The minimum atomic E-state index is -4.16. The van der Waals surface area contributed by atoms with Crippen molar-refractivity contribution in [1.82, 2.24) is 5.32 Å². The van der Waals surface area contributed by atoms with Gasteiger partial charge in [0.05, 0.1) is 0 Å². The topological polar surface area (TPSA) is 41.1 Å². The maximum absolute atomic E-state index is 12.3. The normalized spacial score (nSPS) is 25.3. The summed E-state index contributed by atoms with van der Waals surface area (Å²) in [6, 6.07) is 7.80. The van der Waals surface area contributed by atoms with E-state index in [2.05, 4.69) is 10.6 Å². The fourth-order valence-corrected chi connectivity index (χ4v) is 3.91. The van der Waals surface area contributed by atoms with Gasteiger partial charge in [-0.15, -0.1) is 12.4 Å². The summed E-state index contributed by atoms with van der Waals surface area (Å²) in [5.74, 6) is 0.353. The van der Waals surface area contributed by atoms with Gasteiger partial charge in [-0.3, -0.25) is 4.79 Å². The number of rotatable bonds is 5. The van der Waals surface area contributed by atoms with Crippen molar-refractivity contribution in [3.05, 3.63) is 29.8 Å². The molecule has 2 N–H and O–H groups in total. The quantitative estimate of drug-likeness (QED) is 0.796. The van der Waals surface area contributed by atoms with E-state index in [1.165, 1.54) is 12.8 Å². The van der Waals surface area contributed by atoms with Gasteiger partial charge in [0.2, 0.25) is 5.91 Å². The second kappa shape index (κ2) is 8.41. The highest BCUT2D eigenvalue weighted by Gasteiger charge is 2.34. The summed E-state index contributed by atoms with van der Waals surface area (Å²) in [5, 5.41) is 6.39. The maximum Gasteiger partial charge on any atom is 0.389 e. The Bertz CT molecular complexity index is 582. The van der Waals surface area contributed by atoms with Crippen LogP contribution < -0.4 is 10.6 Å². The van der Waals surface area contributed by atoms with Crippen LogP contribution in [-0.2, 0) is 11.2 Å². The molecular formula is C18H24ClF3N2O. The van der Waals surface area contributed by atoms with Crippen LogP contribution in [0, 0.1) is 5.92 Å². The second-order valence-electron chi connectivity index (χ2n) is 7.04. The molecule has 1 amide bonds. The van der Waals surface area contributed by atoms with Gasteiger partial charge in [-0.25, -0.2) is 0 Å². The molecule has 2 aliphatic rings. The summed E-state index contributed by atoms with van der Waals surface area (Å²) in [5.41, 5.74) is 1.17. The van der Waals surface area contributed by atoms with Crippen LogP contribution in [0.2, 0.25) is 0 Å². The molecule has 0 aromatic heterocycles. The molecule has 1 aromatic rings. The summed E-state index contributed by atoms with van der Waals surface area (Å²) in [4.78, 5) is 12.2. The van der Waals surface area contributed by atoms with Gasteiger partial charge in [0.25, 0.3) is 0 Å². The molecule has 3 nitrogen and oxygen atoms in total. The fraction of sp³-hybridized carbons (Fsp3) is 0.611. The van der Waals surface area contributed by atoms with Gasteiger partial charge < -0.3 is 10.6 Å². The molecule has 0 saturated carbocycles. The molecule has 140 valence electrons. The highest BCUT2D eigenvalue weighted by molar-refractivity contribution is 5.90. The number of hydrogen-bond donors (Lipinski definition) is 2. The zero-order valence-electron chi connectivity index (χ0n) is 13.9. The first-order valence-electron chi connectivity index (χ1n) is 8.59. The SMILES string of the molecule is Cl.O=C(CC1CC2CCC(C1)N2)Nc1cccc(CCC(F)(F)F)c1. The Hall–Kier alpha value is -1.27. The van der Waals surface area contributed by atoms with Crippen molar-refractivity contribution in [2.45, 2.75) is 63.2 Å². The number of anilines is 1. The minimum absolute atomic E-state index is 0. The number of halogens is 4. The number of aryl methyl sites for hydroxylation is 1. The van der Waals surface area contributed by atoms with Crippen molar-refractivity contribution in [2.24, 2.45) is 5.92 Å². The molecule has 7 heteroatoms. The first-order valence-corrected chi connectivity index (χ1v) is 8.59. The van der Waals surface area contributed by atoms with Crippen LogP contribution in [0.4, 0.5) is 18.9 Å². The number of carbonyl (C=O) groups is 1. The average molecular weight is 377 g/mol. The number of benzene rings is 1. The third kappa shape index (κ3) is 6.19. The van der Waals surface area contributed by atoms with Crippen molar-refractivity contribution in [3.8, 4) is 0 Å². The standard InChI is InChI=1S/C18H23F3N2O.ClH/c19-18(20,21)7-6-12-2-1-3-14(8-12)23-17(24)11-13-9-15-4-5-16(10-13)22-15;/h1-3,8,13,15-16,22H,4-7,9-11H2,(H,23,24);1H. The van der Waals surface area contributed by atoms with E-state index < -0.39 is 12.6 Å². The lowest BCUT2D eigenvalue weighted by molar-refractivity contribution is -0.134. The van der Waals surface area contributed by atoms with E-state index in [9.17, 15) is 18.0 Å². The predicted octanol–water partition coefficient (Wildman–Crippen LogP) is 4.46. The van der Waals surface area contributed by atoms with Crippen molar-refractivity contribution in [2.75, 3.05) is 5.32 Å². The van der Waals surface area contributed by atoms with Crippen LogP contribution in [0.15, 0.2) is 24.3 Å². The van der Waals surface area contributed by atoms with E-state index in [1.807, 2.05) is 0 Å². The lowest BCUT2D eigenvalue weighted by Crippen LogP contribution is -2.39. The number of nitrogens with one attached hydrogen (secondary N) is 2. The molecule has 0 aliphatic carbocycles. The lowest BCUT2D eigenvalue weighted by atomic mass is 9.89. The summed E-state index contributed by atoms with van der Waals surface area (Å²) < 4.78 is 36.9. The van der Waals surface area contributed by atoms with Crippen molar-refractivity contribution in [3.63, 3.8) is 0 Å². The van der Waals surface area contributed by atoms with Gasteiger partial charge in [-0.2, -0.15) is 13.2 Å². The number of amides is 1. The van der Waals surface area contributed by atoms with Gasteiger partial charge in [-0.05, 0) is 55.7 Å². The summed E-state index contributed by atoms with van der Waals surface area (Å²) >= 11 is 0. The van der Waals surface area contributed by atoms with Gasteiger partial charge in [0.1, 0.15) is 0 Å². The Labute approximate surface area is 152 Å². The Morgan fingerprint density at radius 1 is 1.20 bits per heavy atom. The van der Waals surface area contributed by atoms with Crippen LogP contribution in [0.1, 0.15) is 44.1 Å². The number of carbonyl (C=O) groups excluding carboxylic acids is 1. The number of piperidine rings is 1. The van der Waals surface area contributed by atoms with Crippen LogP contribution >= 0.6 is 12.4 Å². The average Bonchev–Trinajstić information content (AvgIpc) is 2.84. The van der Waals surface area contributed by atoms with Crippen molar-refractivity contribution < 1.29 is 18.0 Å². The van der Waals surface area contributed by atoms with Crippen molar-refractivity contribution >= 4 is 24.0 Å². The van der Waals surface area contributed by atoms with Crippen LogP contribution in [0.5, 0.6) is 0 Å². The lowest BCUT2D eigenvalue weighted by Gasteiger charge is -2.28. The fourth-order valence-electron chi connectivity index (χ4n) is 3.91. The molecule has 2 aliphatic heterocycles. The van der Waals surface area contributed by atoms with Crippen LogP contribution in [0.25, 0.3) is 0 Å². The Balaban J connectivity index is 0.00000225. The largest absolute Gasteiger partial charge is 0.389 e. The molecule has 25 heavy (non-hydrogen) atoms. The van der Waals surface area contributed by atoms with Gasteiger partial charge in [-0.1, -0.05) is 12.1 Å². The number of alkyl halides is 3. The zero-order valence-corrected chi connectivity index (χ0v) is 14.8. The second-order valence-corrected chi connectivity index (χ2v) is 7.04. The molecule has 1 aromatic carbocycles. The third-order valence-electron chi connectivity index (χ3n) is 4.95. The third-order valence-corrected chi connectivity index (χ3v) is 4.95. The molecule has 2 heterocycles.